The van der Waals surface area contributed by atoms with Crippen molar-refractivity contribution in [2.75, 3.05) is 0 Å². The molecule has 2 N–H and O–H groups in total. The number of thioether (sulfide) groups is 1. The van der Waals surface area contributed by atoms with Crippen LogP contribution in [0.1, 0.15) is 29.7 Å². The van der Waals surface area contributed by atoms with E-state index in [0.29, 0.717) is 22.2 Å². The minimum absolute atomic E-state index is 0.1000. The summed E-state index contributed by atoms with van der Waals surface area (Å²) in [4.78, 5) is 30.6. The molecule has 0 saturated heterocycles. The van der Waals surface area contributed by atoms with E-state index in [4.69, 9.17) is 5.26 Å². The number of nitrogens with one attached hydrogen (secondary N) is 2. The Labute approximate surface area is 143 Å². The molecule has 1 heterocycles. The molecule has 1 fully saturated rings. The van der Waals surface area contributed by atoms with Gasteiger partial charge in [0.15, 0.2) is 5.16 Å². The second-order valence-electron chi connectivity index (χ2n) is 5.62. The second kappa shape index (κ2) is 7.32. The molecule has 0 unspecified atom stereocenters. The van der Waals surface area contributed by atoms with E-state index in [1.54, 1.807) is 6.07 Å². The fraction of sp³-hybridized carbons (Fsp3) is 0.294. The summed E-state index contributed by atoms with van der Waals surface area (Å²) in [6.45, 7) is 0. The van der Waals surface area contributed by atoms with Crippen LogP contribution in [-0.2, 0) is 17.0 Å². The molecular formula is C17H16N4O2S. The SMILES string of the molecule is N#Cc1ccccc1CSc1nc(CC(=O)NC2CC2)cc(=O)[nH]1. The molecule has 0 bridgehead atoms. The van der Waals surface area contributed by atoms with Crippen molar-refractivity contribution in [3.63, 3.8) is 0 Å². The highest BCUT2D eigenvalue weighted by Crippen LogP contribution is 2.21. The van der Waals surface area contributed by atoms with Gasteiger partial charge in [0.05, 0.1) is 23.7 Å². The van der Waals surface area contributed by atoms with Crippen molar-refractivity contribution >= 4 is 17.7 Å². The summed E-state index contributed by atoms with van der Waals surface area (Å²) < 4.78 is 0. The van der Waals surface area contributed by atoms with Gasteiger partial charge in [-0.25, -0.2) is 4.98 Å². The normalized spacial score (nSPS) is 13.3. The molecule has 0 radical (unpaired) electrons. The van der Waals surface area contributed by atoms with Crippen LogP contribution in [-0.4, -0.2) is 21.9 Å². The van der Waals surface area contributed by atoms with Crippen LogP contribution in [0.4, 0.5) is 0 Å². The monoisotopic (exact) mass is 340 g/mol. The second-order valence-corrected chi connectivity index (χ2v) is 6.58. The van der Waals surface area contributed by atoms with Gasteiger partial charge in [-0.3, -0.25) is 9.59 Å². The number of benzene rings is 1. The summed E-state index contributed by atoms with van der Waals surface area (Å²) in [7, 11) is 0. The van der Waals surface area contributed by atoms with Crippen molar-refractivity contribution in [2.45, 2.75) is 36.2 Å². The van der Waals surface area contributed by atoms with Gasteiger partial charge in [0.1, 0.15) is 0 Å². The maximum absolute atomic E-state index is 11.8. The number of H-pyrrole nitrogens is 1. The maximum Gasteiger partial charge on any atom is 0.251 e. The number of nitriles is 1. The smallest absolute Gasteiger partial charge is 0.251 e. The topological polar surface area (TPSA) is 98.6 Å². The van der Waals surface area contributed by atoms with E-state index in [-0.39, 0.29) is 23.9 Å². The highest BCUT2D eigenvalue weighted by Gasteiger charge is 2.23. The van der Waals surface area contributed by atoms with E-state index in [1.807, 2.05) is 18.2 Å². The average molecular weight is 340 g/mol. The summed E-state index contributed by atoms with van der Waals surface area (Å²) in [5.41, 5.74) is 1.65. The molecule has 2 aromatic rings. The molecule has 0 atom stereocenters. The standard InChI is InChI=1S/C17H16N4O2S/c18-9-11-3-1-2-4-12(11)10-24-17-20-14(8-16(23)21-17)7-15(22)19-13-5-6-13/h1-4,8,13H,5-7,10H2,(H,19,22)(H,20,21,23). The first-order chi connectivity index (χ1) is 11.6. The summed E-state index contributed by atoms with van der Waals surface area (Å²) in [5, 5.41) is 12.4. The number of nitrogens with zero attached hydrogens (tertiary/aromatic N) is 2. The zero-order valence-electron chi connectivity index (χ0n) is 12.9. The molecule has 7 heteroatoms. The van der Waals surface area contributed by atoms with Gasteiger partial charge in [-0.2, -0.15) is 5.26 Å². The first-order valence-electron chi connectivity index (χ1n) is 7.64. The number of aromatic amines is 1. The van der Waals surface area contributed by atoms with Gasteiger partial charge in [0, 0.05) is 17.9 Å². The highest BCUT2D eigenvalue weighted by molar-refractivity contribution is 7.98. The van der Waals surface area contributed by atoms with Gasteiger partial charge < -0.3 is 10.3 Å². The van der Waals surface area contributed by atoms with Gasteiger partial charge >= 0.3 is 0 Å². The summed E-state index contributed by atoms with van der Waals surface area (Å²) in [6, 6.07) is 11.1. The van der Waals surface area contributed by atoms with E-state index in [9.17, 15) is 9.59 Å². The van der Waals surface area contributed by atoms with Gasteiger partial charge in [-0.15, -0.1) is 0 Å². The third kappa shape index (κ3) is 4.46. The highest BCUT2D eigenvalue weighted by atomic mass is 32.2. The van der Waals surface area contributed by atoms with Crippen molar-refractivity contribution in [1.29, 1.82) is 5.26 Å². The predicted octanol–water partition coefficient (Wildman–Crippen LogP) is 1.75. The van der Waals surface area contributed by atoms with Crippen molar-refractivity contribution in [2.24, 2.45) is 0 Å². The Morgan fingerprint density at radius 3 is 2.96 bits per heavy atom. The first kappa shape index (κ1) is 16.3. The van der Waals surface area contributed by atoms with Crippen LogP contribution in [0.5, 0.6) is 0 Å². The van der Waals surface area contributed by atoms with Crippen LogP contribution >= 0.6 is 11.8 Å². The lowest BCUT2D eigenvalue weighted by Crippen LogP contribution is -2.28. The Kier molecular flexibility index (Phi) is 4.96. The third-order valence-electron chi connectivity index (χ3n) is 3.56. The maximum atomic E-state index is 11.8. The van der Waals surface area contributed by atoms with Crippen molar-refractivity contribution in [3.05, 3.63) is 57.5 Å². The molecule has 0 aliphatic heterocycles. The molecule has 1 aromatic heterocycles. The van der Waals surface area contributed by atoms with Crippen molar-refractivity contribution in [1.82, 2.24) is 15.3 Å². The molecule has 122 valence electrons. The number of amides is 1. The Morgan fingerprint density at radius 2 is 2.21 bits per heavy atom. The fourth-order valence-corrected chi connectivity index (χ4v) is 3.11. The van der Waals surface area contributed by atoms with E-state index in [0.717, 1.165) is 18.4 Å². The van der Waals surface area contributed by atoms with Gasteiger partial charge in [0.25, 0.3) is 5.56 Å². The molecule has 1 aliphatic carbocycles. The van der Waals surface area contributed by atoms with Crippen LogP contribution in [0.25, 0.3) is 0 Å². The van der Waals surface area contributed by atoms with Crippen LogP contribution < -0.4 is 10.9 Å². The van der Waals surface area contributed by atoms with E-state index >= 15 is 0 Å². The average Bonchev–Trinajstić information content (AvgIpc) is 3.36. The molecule has 3 rings (SSSR count). The summed E-state index contributed by atoms with van der Waals surface area (Å²) >= 11 is 1.34. The lowest BCUT2D eigenvalue weighted by atomic mass is 10.1. The number of aromatic nitrogens is 2. The zero-order valence-corrected chi connectivity index (χ0v) is 13.7. The van der Waals surface area contributed by atoms with Gasteiger partial charge in [0.2, 0.25) is 5.91 Å². The Balaban J connectivity index is 1.68. The van der Waals surface area contributed by atoms with Crippen LogP contribution in [0, 0.1) is 11.3 Å². The summed E-state index contributed by atoms with van der Waals surface area (Å²) in [5.74, 6) is 0.408. The molecule has 1 saturated carbocycles. The third-order valence-corrected chi connectivity index (χ3v) is 4.48. The largest absolute Gasteiger partial charge is 0.353 e. The number of carbonyl (C=O) groups excluding carboxylic acids is 1. The molecule has 0 spiro atoms. The molecular weight excluding hydrogens is 324 g/mol. The Hall–Kier alpha value is -2.59. The fourth-order valence-electron chi connectivity index (χ4n) is 2.21. The van der Waals surface area contributed by atoms with Gasteiger partial charge in [-0.05, 0) is 24.5 Å². The zero-order chi connectivity index (χ0) is 16.9. The first-order valence-corrected chi connectivity index (χ1v) is 8.63. The molecule has 1 aliphatic rings. The van der Waals surface area contributed by atoms with Crippen LogP contribution in [0.15, 0.2) is 40.3 Å². The molecule has 6 nitrogen and oxygen atoms in total. The Bertz CT molecular complexity index is 852. The summed E-state index contributed by atoms with van der Waals surface area (Å²) in [6.07, 6.45) is 2.14. The predicted molar refractivity (Wildman–Crippen MR) is 90.4 cm³/mol. The molecule has 1 aromatic carbocycles. The molecule has 24 heavy (non-hydrogen) atoms. The van der Waals surface area contributed by atoms with Gasteiger partial charge in [-0.1, -0.05) is 30.0 Å². The minimum Gasteiger partial charge on any atom is -0.353 e. The lowest BCUT2D eigenvalue weighted by molar-refractivity contribution is -0.120. The van der Waals surface area contributed by atoms with E-state index < -0.39 is 0 Å². The van der Waals surface area contributed by atoms with Crippen molar-refractivity contribution < 1.29 is 4.79 Å². The minimum atomic E-state index is -0.282. The van der Waals surface area contributed by atoms with E-state index in [1.165, 1.54) is 17.8 Å². The van der Waals surface area contributed by atoms with Crippen LogP contribution in [0.2, 0.25) is 0 Å². The lowest BCUT2D eigenvalue weighted by Gasteiger charge is -2.06. The number of rotatable bonds is 6. The van der Waals surface area contributed by atoms with Crippen molar-refractivity contribution in [3.8, 4) is 6.07 Å². The molecule has 1 amide bonds. The van der Waals surface area contributed by atoms with E-state index in [2.05, 4.69) is 21.4 Å². The number of hydrogen-bond acceptors (Lipinski definition) is 5. The number of hydrogen-bond donors (Lipinski definition) is 2. The van der Waals surface area contributed by atoms with Crippen LogP contribution in [0.3, 0.4) is 0 Å². The number of carbonyl (C=O) groups is 1. The Morgan fingerprint density at radius 1 is 1.42 bits per heavy atom. The quantitative estimate of drug-likeness (QED) is 0.617.